The van der Waals surface area contributed by atoms with Gasteiger partial charge in [0.15, 0.2) is 0 Å². The van der Waals surface area contributed by atoms with Crippen molar-refractivity contribution in [1.29, 1.82) is 5.41 Å². The number of allylic oxidation sites excluding steroid dienone is 1. The fourth-order valence-electron chi connectivity index (χ4n) is 5.04. The van der Waals surface area contributed by atoms with Crippen LogP contribution in [-0.2, 0) is 4.79 Å². The van der Waals surface area contributed by atoms with Crippen molar-refractivity contribution in [3.63, 3.8) is 0 Å². The average Bonchev–Trinajstić information content (AvgIpc) is 2.92. The van der Waals surface area contributed by atoms with E-state index in [1.165, 1.54) is 0 Å². The second kappa shape index (κ2) is 13.0. The summed E-state index contributed by atoms with van der Waals surface area (Å²) < 4.78 is 10.7. The molecule has 2 bridgehead atoms. The van der Waals surface area contributed by atoms with Gasteiger partial charge in [0.1, 0.15) is 23.0 Å². The van der Waals surface area contributed by atoms with Gasteiger partial charge in [-0.2, -0.15) is 0 Å². The first-order valence-electron chi connectivity index (χ1n) is 13.3. The Morgan fingerprint density at radius 1 is 1.05 bits per heavy atom. The van der Waals surface area contributed by atoms with Gasteiger partial charge in [-0.3, -0.25) is 10.2 Å². The Bertz CT molecular complexity index is 1240. The molecule has 1 aliphatic heterocycles. The first-order chi connectivity index (χ1) is 18.5. The SMILES string of the molecule is COc1cc(C#CC(=N)c2c(N)ncc3c2N[C@@H]2CCCC(C2)NC(=O)CCCCC/C=C/3)cc(OC)c1. The van der Waals surface area contributed by atoms with Crippen LogP contribution in [0.5, 0.6) is 11.5 Å². The number of fused-ring (bicyclic) bond motifs is 3. The largest absolute Gasteiger partial charge is 0.497 e. The number of pyridine rings is 1. The molecule has 8 heteroatoms. The summed E-state index contributed by atoms with van der Waals surface area (Å²) in [6.45, 7) is 0. The fourth-order valence-corrected chi connectivity index (χ4v) is 5.04. The number of methoxy groups -OCH3 is 2. The molecule has 1 aromatic heterocycles. The lowest BCUT2D eigenvalue weighted by Gasteiger charge is -2.32. The highest BCUT2D eigenvalue weighted by atomic mass is 16.5. The van der Waals surface area contributed by atoms with Gasteiger partial charge in [-0.15, -0.1) is 0 Å². The number of carbonyl (C=O) groups excluding carboxylic acids is 1. The van der Waals surface area contributed by atoms with E-state index >= 15 is 0 Å². The van der Waals surface area contributed by atoms with Crippen molar-refractivity contribution in [2.45, 2.75) is 69.9 Å². The summed E-state index contributed by atoms with van der Waals surface area (Å²) in [6.07, 6.45) is 14.1. The van der Waals surface area contributed by atoms with Gasteiger partial charge < -0.3 is 25.8 Å². The first kappa shape index (κ1) is 27.1. The Hall–Kier alpha value is -3.99. The molecule has 2 aromatic rings. The van der Waals surface area contributed by atoms with E-state index in [-0.39, 0.29) is 29.5 Å². The normalized spacial score (nSPS) is 20.6. The molecular formula is C30H37N5O3. The number of rotatable bonds is 3. The molecule has 0 radical (unpaired) electrons. The fraction of sp³-hybridized carbons (Fsp3) is 0.433. The number of hydrogen-bond donors (Lipinski definition) is 4. The van der Waals surface area contributed by atoms with Crippen LogP contribution in [0.3, 0.4) is 0 Å². The third-order valence-corrected chi connectivity index (χ3v) is 7.03. The van der Waals surface area contributed by atoms with Crippen molar-refractivity contribution >= 4 is 29.2 Å². The van der Waals surface area contributed by atoms with Crippen LogP contribution < -0.4 is 25.8 Å². The number of nitrogen functional groups attached to an aromatic ring is 1. The van der Waals surface area contributed by atoms with Gasteiger partial charge in [0.2, 0.25) is 5.91 Å². The summed E-state index contributed by atoms with van der Waals surface area (Å²) in [4.78, 5) is 16.9. The monoisotopic (exact) mass is 515 g/mol. The summed E-state index contributed by atoms with van der Waals surface area (Å²) in [5.74, 6) is 7.66. The highest BCUT2D eigenvalue weighted by Gasteiger charge is 2.26. The van der Waals surface area contributed by atoms with Gasteiger partial charge in [0.25, 0.3) is 0 Å². The van der Waals surface area contributed by atoms with Crippen molar-refractivity contribution in [1.82, 2.24) is 10.3 Å². The molecule has 1 aromatic carbocycles. The Balaban J connectivity index is 1.69. The summed E-state index contributed by atoms with van der Waals surface area (Å²) in [5.41, 5.74) is 9.23. The summed E-state index contributed by atoms with van der Waals surface area (Å²) in [6, 6.07) is 5.65. The number of carbonyl (C=O) groups is 1. The maximum absolute atomic E-state index is 12.4. The predicted octanol–water partition coefficient (Wildman–Crippen LogP) is 4.92. The number of anilines is 2. The molecule has 2 atom stereocenters. The third kappa shape index (κ3) is 7.06. The van der Waals surface area contributed by atoms with Gasteiger partial charge in [0, 0.05) is 41.9 Å². The molecule has 1 unspecified atom stereocenters. The molecular weight excluding hydrogens is 478 g/mol. The van der Waals surface area contributed by atoms with Gasteiger partial charge in [-0.1, -0.05) is 24.5 Å². The van der Waals surface area contributed by atoms with Gasteiger partial charge in [0.05, 0.1) is 25.5 Å². The zero-order valence-corrected chi connectivity index (χ0v) is 22.2. The summed E-state index contributed by atoms with van der Waals surface area (Å²) in [7, 11) is 3.17. The highest BCUT2D eigenvalue weighted by molar-refractivity contribution is 6.17. The average molecular weight is 516 g/mol. The number of nitrogens with zero attached hydrogens (tertiary/aromatic N) is 1. The van der Waals surface area contributed by atoms with E-state index in [4.69, 9.17) is 20.6 Å². The van der Waals surface area contributed by atoms with Crippen LogP contribution in [0.4, 0.5) is 11.5 Å². The van der Waals surface area contributed by atoms with E-state index in [0.29, 0.717) is 29.0 Å². The van der Waals surface area contributed by atoms with Crippen LogP contribution in [0.1, 0.15) is 74.5 Å². The maximum atomic E-state index is 12.4. The molecule has 8 nitrogen and oxygen atoms in total. The van der Waals surface area contributed by atoms with Crippen molar-refractivity contribution in [3.8, 4) is 23.3 Å². The molecule has 5 N–H and O–H groups in total. The predicted molar refractivity (Wildman–Crippen MR) is 152 cm³/mol. The second-order valence-electron chi connectivity index (χ2n) is 9.85. The lowest BCUT2D eigenvalue weighted by Crippen LogP contribution is -2.42. The first-order valence-corrected chi connectivity index (χ1v) is 13.3. The Labute approximate surface area is 224 Å². The van der Waals surface area contributed by atoms with E-state index in [1.807, 2.05) is 0 Å². The minimum atomic E-state index is 0.0770. The van der Waals surface area contributed by atoms with Crippen LogP contribution in [0.2, 0.25) is 0 Å². The van der Waals surface area contributed by atoms with E-state index in [0.717, 1.165) is 62.6 Å². The van der Waals surface area contributed by atoms with Crippen molar-refractivity contribution in [2.75, 3.05) is 25.3 Å². The van der Waals surface area contributed by atoms with E-state index in [2.05, 4.69) is 39.6 Å². The van der Waals surface area contributed by atoms with Crippen LogP contribution in [-0.4, -0.2) is 42.9 Å². The molecule has 200 valence electrons. The van der Waals surface area contributed by atoms with Gasteiger partial charge in [-0.25, -0.2) is 4.98 Å². The van der Waals surface area contributed by atoms with Crippen LogP contribution in [0.15, 0.2) is 30.5 Å². The van der Waals surface area contributed by atoms with Crippen molar-refractivity contribution in [2.24, 2.45) is 0 Å². The molecule has 0 saturated heterocycles. The van der Waals surface area contributed by atoms with Crippen LogP contribution in [0, 0.1) is 17.3 Å². The standard InChI is InChI=1S/C30H37N5O3/c1-37-24-15-20(16-25(18-24)38-2)13-14-26(31)28-29-21(19-33-30(28)32)9-6-4-3-5-7-12-27(36)34-22-10-8-11-23(17-22)35-29/h6,9,15-16,18-19,22-23,31,35H,3-5,7-8,10-12,17H2,1-2H3,(H2,32,33)(H,34,36)/b9-6+,31-26?/t22?,23-/m1/s1. The quantitative estimate of drug-likeness (QED) is 0.340. The number of benzene rings is 1. The minimum Gasteiger partial charge on any atom is -0.497 e. The number of aromatic nitrogens is 1. The topological polar surface area (TPSA) is 122 Å². The molecule has 1 fully saturated rings. The van der Waals surface area contributed by atoms with E-state index in [9.17, 15) is 4.79 Å². The number of hydrogen-bond acceptors (Lipinski definition) is 7. The smallest absolute Gasteiger partial charge is 0.220 e. The molecule has 2 aliphatic rings. The van der Waals surface area contributed by atoms with Gasteiger partial charge >= 0.3 is 0 Å². The highest BCUT2D eigenvalue weighted by Crippen LogP contribution is 2.31. The number of ether oxygens (including phenoxy) is 2. The number of nitrogens with one attached hydrogen (secondary N) is 3. The third-order valence-electron chi connectivity index (χ3n) is 7.03. The lowest BCUT2D eigenvalue weighted by atomic mass is 9.90. The van der Waals surface area contributed by atoms with E-state index in [1.54, 1.807) is 38.6 Å². The molecule has 0 spiro atoms. The van der Waals surface area contributed by atoms with Crippen molar-refractivity contribution in [3.05, 3.63) is 47.2 Å². The zero-order chi connectivity index (χ0) is 26.9. The summed E-state index contributed by atoms with van der Waals surface area (Å²) in [5, 5.41) is 15.8. The number of nitrogens with two attached hydrogens (primary N) is 1. The maximum Gasteiger partial charge on any atom is 0.220 e. The zero-order valence-electron chi connectivity index (χ0n) is 22.2. The Morgan fingerprint density at radius 3 is 2.53 bits per heavy atom. The number of amides is 1. The van der Waals surface area contributed by atoms with Crippen LogP contribution in [0.25, 0.3) is 6.08 Å². The van der Waals surface area contributed by atoms with E-state index < -0.39 is 0 Å². The molecule has 1 aliphatic carbocycles. The van der Waals surface area contributed by atoms with Gasteiger partial charge in [-0.05, 0) is 63.0 Å². The minimum absolute atomic E-state index is 0.0770. The molecule has 1 amide bonds. The molecule has 38 heavy (non-hydrogen) atoms. The molecule has 2 heterocycles. The second-order valence-corrected chi connectivity index (χ2v) is 9.85. The van der Waals surface area contributed by atoms with Crippen molar-refractivity contribution < 1.29 is 14.3 Å². The molecule has 4 rings (SSSR count). The Kier molecular flexibility index (Phi) is 9.26. The summed E-state index contributed by atoms with van der Waals surface area (Å²) >= 11 is 0. The Morgan fingerprint density at radius 2 is 1.79 bits per heavy atom. The van der Waals surface area contributed by atoms with Crippen LogP contribution >= 0.6 is 0 Å². The lowest BCUT2D eigenvalue weighted by molar-refractivity contribution is -0.122. The molecule has 1 saturated carbocycles.